The van der Waals surface area contributed by atoms with Crippen molar-refractivity contribution >= 4 is 11.8 Å². The summed E-state index contributed by atoms with van der Waals surface area (Å²) in [6.07, 6.45) is -0.562. The minimum absolute atomic E-state index is 0.343. The van der Waals surface area contributed by atoms with Crippen LogP contribution in [0.1, 0.15) is 5.56 Å². The SMILES string of the molecule is N#CCN1C(C(F)(F)F)=CC=Cc2ccccc21. The van der Waals surface area contributed by atoms with Gasteiger partial charge in [0.1, 0.15) is 12.2 Å². The molecule has 1 aromatic rings. The van der Waals surface area contributed by atoms with E-state index in [4.69, 9.17) is 5.26 Å². The van der Waals surface area contributed by atoms with E-state index in [0.717, 1.165) is 11.0 Å². The van der Waals surface area contributed by atoms with E-state index in [1.807, 2.05) is 0 Å². The van der Waals surface area contributed by atoms with Crippen molar-refractivity contribution in [3.05, 3.63) is 47.7 Å². The summed E-state index contributed by atoms with van der Waals surface area (Å²) in [5, 5.41) is 8.71. The molecule has 0 radical (unpaired) electrons. The average molecular weight is 250 g/mol. The lowest BCUT2D eigenvalue weighted by Gasteiger charge is -2.26. The van der Waals surface area contributed by atoms with Crippen LogP contribution in [0, 0.1) is 11.3 Å². The van der Waals surface area contributed by atoms with E-state index < -0.39 is 11.9 Å². The van der Waals surface area contributed by atoms with Gasteiger partial charge in [0.25, 0.3) is 0 Å². The molecule has 0 unspecified atom stereocenters. The first-order chi connectivity index (χ1) is 8.54. The number of hydrogen-bond donors (Lipinski definition) is 0. The maximum absolute atomic E-state index is 12.9. The maximum Gasteiger partial charge on any atom is 0.431 e. The van der Waals surface area contributed by atoms with Crippen LogP contribution in [0.3, 0.4) is 0 Å². The third-order valence-electron chi connectivity index (χ3n) is 2.57. The number of nitriles is 1. The van der Waals surface area contributed by atoms with Crippen LogP contribution in [-0.4, -0.2) is 12.7 Å². The van der Waals surface area contributed by atoms with Gasteiger partial charge in [-0.25, -0.2) is 0 Å². The number of hydrogen-bond acceptors (Lipinski definition) is 2. The lowest BCUT2D eigenvalue weighted by atomic mass is 10.1. The fourth-order valence-electron chi connectivity index (χ4n) is 1.83. The lowest BCUT2D eigenvalue weighted by molar-refractivity contribution is -0.0931. The molecule has 5 heteroatoms. The Hall–Kier alpha value is -2.22. The maximum atomic E-state index is 12.9. The average Bonchev–Trinajstić information content (AvgIpc) is 2.49. The van der Waals surface area contributed by atoms with Gasteiger partial charge in [-0.05, 0) is 17.7 Å². The van der Waals surface area contributed by atoms with Gasteiger partial charge < -0.3 is 4.90 Å². The molecule has 0 spiro atoms. The van der Waals surface area contributed by atoms with Crippen LogP contribution in [0.4, 0.5) is 18.9 Å². The van der Waals surface area contributed by atoms with Gasteiger partial charge in [-0.3, -0.25) is 0 Å². The molecular weight excluding hydrogens is 241 g/mol. The van der Waals surface area contributed by atoms with Crippen LogP contribution in [-0.2, 0) is 0 Å². The van der Waals surface area contributed by atoms with E-state index in [2.05, 4.69) is 0 Å². The molecule has 0 atom stereocenters. The Morgan fingerprint density at radius 1 is 1.22 bits per heavy atom. The van der Waals surface area contributed by atoms with E-state index in [9.17, 15) is 13.2 Å². The van der Waals surface area contributed by atoms with Crippen molar-refractivity contribution in [2.75, 3.05) is 11.4 Å². The van der Waals surface area contributed by atoms with Crippen LogP contribution in [0.25, 0.3) is 6.08 Å². The Bertz CT molecular complexity index is 550. The smallest absolute Gasteiger partial charge is 0.323 e. The Balaban J connectivity index is 2.56. The highest BCUT2D eigenvalue weighted by Gasteiger charge is 2.38. The fourth-order valence-corrected chi connectivity index (χ4v) is 1.83. The number of fused-ring (bicyclic) bond motifs is 1. The van der Waals surface area contributed by atoms with Gasteiger partial charge in [-0.15, -0.1) is 0 Å². The molecule has 92 valence electrons. The Morgan fingerprint density at radius 3 is 2.61 bits per heavy atom. The summed E-state index contributed by atoms with van der Waals surface area (Å²) in [6.45, 7) is -0.343. The zero-order chi connectivity index (χ0) is 13.2. The first-order valence-electron chi connectivity index (χ1n) is 5.23. The monoisotopic (exact) mass is 250 g/mol. The second-order valence-electron chi connectivity index (χ2n) is 3.71. The van der Waals surface area contributed by atoms with E-state index in [1.165, 1.54) is 6.08 Å². The zero-order valence-corrected chi connectivity index (χ0v) is 9.28. The van der Waals surface area contributed by atoms with Crippen molar-refractivity contribution in [3.8, 4) is 6.07 Å². The summed E-state index contributed by atoms with van der Waals surface area (Å²) < 4.78 is 38.8. The molecule has 1 heterocycles. The third-order valence-corrected chi connectivity index (χ3v) is 2.57. The standard InChI is InChI=1S/C13H9F3N2/c14-13(15,16)12-7-3-5-10-4-1-2-6-11(10)18(12)9-8-17/h1-7H,9H2. The van der Waals surface area contributed by atoms with Gasteiger partial charge in [0, 0.05) is 5.69 Å². The van der Waals surface area contributed by atoms with Gasteiger partial charge in [0.2, 0.25) is 0 Å². The summed E-state index contributed by atoms with van der Waals surface area (Å²) in [6, 6.07) is 8.44. The molecule has 0 saturated heterocycles. The molecule has 18 heavy (non-hydrogen) atoms. The fraction of sp³-hybridized carbons (Fsp3) is 0.154. The molecule has 0 amide bonds. The van der Waals surface area contributed by atoms with Crippen LogP contribution < -0.4 is 4.90 Å². The molecule has 0 saturated carbocycles. The molecule has 0 aromatic heterocycles. The van der Waals surface area contributed by atoms with Crippen molar-refractivity contribution in [2.24, 2.45) is 0 Å². The van der Waals surface area contributed by atoms with E-state index in [1.54, 1.807) is 36.4 Å². The molecule has 2 nitrogen and oxygen atoms in total. The minimum atomic E-state index is -4.49. The first-order valence-corrected chi connectivity index (χ1v) is 5.23. The van der Waals surface area contributed by atoms with Crippen molar-refractivity contribution in [2.45, 2.75) is 6.18 Å². The van der Waals surface area contributed by atoms with Crippen molar-refractivity contribution in [3.63, 3.8) is 0 Å². The normalized spacial score (nSPS) is 14.6. The van der Waals surface area contributed by atoms with Gasteiger partial charge in [0.05, 0.1) is 6.07 Å². The molecule has 2 rings (SSSR count). The molecule has 1 aromatic carbocycles. The Labute approximate surface area is 102 Å². The molecule has 0 fully saturated rings. The summed E-state index contributed by atoms with van der Waals surface area (Å²) in [7, 11) is 0. The van der Waals surface area contributed by atoms with Crippen LogP contribution >= 0.6 is 0 Å². The van der Waals surface area contributed by atoms with Crippen molar-refractivity contribution in [1.82, 2.24) is 0 Å². The van der Waals surface area contributed by atoms with Crippen LogP contribution in [0.2, 0.25) is 0 Å². The second-order valence-corrected chi connectivity index (χ2v) is 3.71. The number of rotatable bonds is 1. The van der Waals surface area contributed by atoms with E-state index in [0.29, 0.717) is 11.3 Å². The lowest BCUT2D eigenvalue weighted by Crippen LogP contribution is -2.32. The number of allylic oxidation sites excluding steroid dienone is 3. The quantitative estimate of drug-likeness (QED) is 0.713. The predicted octanol–water partition coefficient (Wildman–Crippen LogP) is 3.49. The molecule has 0 N–H and O–H groups in total. The van der Waals surface area contributed by atoms with E-state index >= 15 is 0 Å². The highest BCUT2D eigenvalue weighted by molar-refractivity contribution is 5.73. The molecule has 1 aliphatic heterocycles. The largest absolute Gasteiger partial charge is 0.431 e. The van der Waals surface area contributed by atoms with Gasteiger partial charge >= 0.3 is 6.18 Å². The number of para-hydroxylation sites is 1. The Kier molecular flexibility index (Phi) is 3.11. The van der Waals surface area contributed by atoms with Crippen LogP contribution in [0.15, 0.2) is 42.1 Å². The number of nitrogens with zero attached hydrogens (tertiary/aromatic N) is 2. The van der Waals surface area contributed by atoms with E-state index in [-0.39, 0.29) is 6.54 Å². The summed E-state index contributed by atoms with van der Waals surface area (Å²) in [5.74, 6) is 0. The highest BCUT2D eigenvalue weighted by atomic mass is 19.4. The zero-order valence-electron chi connectivity index (χ0n) is 9.28. The van der Waals surface area contributed by atoms with Crippen molar-refractivity contribution < 1.29 is 13.2 Å². The van der Waals surface area contributed by atoms with Crippen molar-refractivity contribution in [1.29, 1.82) is 5.26 Å². The molecule has 1 aliphatic rings. The molecule has 0 bridgehead atoms. The van der Waals surface area contributed by atoms with Gasteiger partial charge in [0.15, 0.2) is 0 Å². The topological polar surface area (TPSA) is 27.0 Å². The number of anilines is 1. The summed E-state index contributed by atoms with van der Waals surface area (Å²) >= 11 is 0. The first kappa shape index (κ1) is 12.2. The number of halogens is 3. The van der Waals surface area contributed by atoms with Crippen LogP contribution in [0.5, 0.6) is 0 Å². The highest BCUT2D eigenvalue weighted by Crippen LogP contribution is 2.35. The Morgan fingerprint density at radius 2 is 1.94 bits per heavy atom. The minimum Gasteiger partial charge on any atom is -0.323 e. The van der Waals surface area contributed by atoms with Gasteiger partial charge in [-0.2, -0.15) is 18.4 Å². The second kappa shape index (κ2) is 4.57. The molecular formula is C13H9F3N2. The molecule has 0 aliphatic carbocycles. The predicted molar refractivity (Wildman–Crippen MR) is 62.6 cm³/mol. The summed E-state index contributed by atoms with van der Waals surface area (Å²) in [5.41, 5.74) is 0.213. The number of alkyl halides is 3. The number of benzene rings is 1. The summed E-state index contributed by atoms with van der Waals surface area (Å²) in [4.78, 5) is 0.981. The van der Waals surface area contributed by atoms with Gasteiger partial charge in [-0.1, -0.05) is 30.4 Å². The third kappa shape index (κ3) is 2.23.